The first-order valence-corrected chi connectivity index (χ1v) is 7.62. The highest BCUT2D eigenvalue weighted by atomic mass is 32.2. The molecule has 2 heterocycles. The molecule has 1 aromatic carbocycles. The molecular weight excluding hydrogens is 260 g/mol. The predicted octanol–water partition coefficient (Wildman–Crippen LogP) is 2.26. The van der Waals surface area contributed by atoms with Gasteiger partial charge < -0.3 is 5.32 Å². The van der Waals surface area contributed by atoms with Crippen molar-refractivity contribution >= 4 is 35.0 Å². The standard InChI is InChI=1S/C14H16N2O2S/c17-13-9-16(11-6-2-1-5-10(11)15-13)14(18)12-7-3-4-8-19-12/h1-2,5-6,12H,3-4,7-9H2,(H,15,17). The summed E-state index contributed by atoms with van der Waals surface area (Å²) in [7, 11) is 0. The lowest BCUT2D eigenvalue weighted by Crippen LogP contribution is -2.46. The topological polar surface area (TPSA) is 49.4 Å². The number of nitrogens with one attached hydrogen (secondary N) is 1. The molecule has 1 N–H and O–H groups in total. The molecule has 1 saturated heterocycles. The minimum absolute atomic E-state index is 0.00714. The minimum atomic E-state index is -0.118. The van der Waals surface area contributed by atoms with Crippen LogP contribution in [0.25, 0.3) is 0 Å². The number of hydrogen-bond acceptors (Lipinski definition) is 3. The van der Waals surface area contributed by atoms with Gasteiger partial charge in [0.2, 0.25) is 11.8 Å². The van der Waals surface area contributed by atoms with Crippen LogP contribution in [-0.2, 0) is 9.59 Å². The van der Waals surface area contributed by atoms with Gasteiger partial charge in [0.15, 0.2) is 0 Å². The number of benzene rings is 1. The average molecular weight is 276 g/mol. The third-order valence-corrected chi connectivity index (χ3v) is 4.86. The van der Waals surface area contributed by atoms with Crippen LogP contribution in [-0.4, -0.2) is 29.4 Å². The molecule has 1 atom stereocenters. The maximum Gasteiger partial charge on any atom is 0.244 e. The first-order valence-electron chi connectivity index (χ1n) is 6.57. The molecule has 2 aliphatic heterocycles. The fourth-order valence-electron chi connectivity index (χ4n) is 2.54. The highest BCUT2D eigenvalue weighted by Gasteiger charge is 2.32. The van der Waals surface area contributed by atoms with Crippen molar-refractivity contribution in [1.29, 1.82) is 0 Å². The second kappa shape index (κ2) is 5.25. The quantitative estimate of drug-likeness (QED) is 0.856. The van der Waals surface area contributed by atoms with Gasteiger partial charge in [-0.1, -0.05) is 18.6 Å². The molecule has 100 valence electrons. The van der Waals surface area contributed by atoms with E-state index >= 15 is 0 Å². The summed E-state index contributed by atoms with van der Waals surface area (Å²) in [6.45, 7) is 0.132. The Morgan fingerprint density at radius 1 is 1.32 bits per heavy atom. The lowest BCUT2D eigenvalue weighted by atomic mass is 10.1. The SMILES string of the molecule is O=C1CN(C(=O)C2CCCCS2)c2ccccc2N1. The lowest BCUT2D eigenvalue weighted by Gasteiger charge is -2.32. The van der Waals surface area contributed by atoms with E-state index < -0.39 is 0 Å². The van der Waals surface area contributed by atoms with E-state index in [0.29, 0.717) is 0 Å². The van der Waals surface area contributed by atoms with Crippen LogP contribution >= 0.6 is 11.8 Å². The van der Waals surface area contributed by atoms with Crippen LogP contribution in [0, 0.1) is 0 Å². The van der Waals surface area contributed by atoms with Gasteiger partial charge in [-0.2, -0.15) is 0 Å². The molecule has 19 heavy (non-hydrogen) atoms. The van der Waals surface area contributed by atoms with Crippen LogP contribution in [0.3, 0.4) is 0 Å². The van der Waals surface area contributed by atoms with Gasteiger partial charge in [-0.15, -0.1) is 11.8 Å². The zero-order chi connectivity index (χ0) is 13.2. The van der Waals surface area contributed by atoms with Gasteiger partial charge in [-0.05, 0) is 30.7 Å². The molecule has 2 aliphatic rings. The van der Waals surface area contributed by atoms with E-state index in [9.17, 15) is 9.59 Å². The molecule has 0 bridgehead atoms. The zero-order valence-electron chi connectivity index (χ0n) is 10.6. The number of fused-ring (bicyclic) bond motifs is 1. The monoisotopic (exact) mass is 276 g/mol. The molecule has 1 aromatic rings. The Morgan fingerprint density at radius 2 is 2.16 bits per heavy atom. The van der Waals surface area contributed by atoms with Crippen LogP contribution < -0.4 is 10.2 Å². The molecular formula is C14H16N2O2S. The van der Waals surface area contributed by atoms with Gasteiger partial charge in [-0.25, -0.2) is 0 Å². The number of carbonyl (C=O) groups is 2. The Bertz CT molecular complexity index is 512. The van der Waals surface area contributed by atoms with Gasteiger partial charge in [0.25, 0.3) is 0 Å². The van der Waals surface area contributed by atoms with Crippen LogP contribution in [0.5, 0.6) is 0 Å². The zero-order valence-corrected chi connectivity index (χ0v) is 11.4. The number of hydrogen-bond donors (Lipinski definition) is 1. The number of nitrogens with zero attached hydrogens (tertiary/aromatic N) is 1. The number of anilines is 2. The second-order valence-corrected chi connectivity index (χ2v) is 6.16. The van der Waals surface area contributed by atoms with Crippen molar-refractivity contribution in [2.45, 2.75) is 24.5 Å². The molecule has 0 spiro atoms. The smallest absolute Gasteiger partial charge is 0.244 e. The van der Waals surface area contributed by atoms with Gasteiger partial charge in [0.05, 0.1) is 16.6 Å². The fraction of sp³-hybridized carbons (Fsp3) is 0.429. The van der Waals surface area contributed by atoms with Crippen molar-refractivity contribution in [3.05, 3.63) is 24.3 Å². The molecule has 0 saturated carbocycles. The molecule has 4 nitrogen and oxygen atoms in total. The van der Waals surface area contributed by atoms with Crippen molar-refractivity contribution in [3.63, 3.8) is 0 Å². The molecule has 5 heteroatoms. The molecule has 2 amide bonds. The van der Waals surface area contributed by atoms with E-state index in [0.717, 1.165) is 30.0 Å². The van der Waals surface area contributed by atoms with E-state index in [1.165, 1.54) is 6.42 Å². The summed E-state index contributed by atoms with van der Waals surface area (Å²) >= 11 is 1.72. The molecule has 0 radical (unpaired) electrons. The van der Waals surface area contributed by atoms with E-state index in [1.807, 2.05) is 24.3 Å². The third kappa shape index (κ3) is 2.47. The Labute approximate surface area is 116 Å². The van der Waals surface area contributed by atoms with E-state index in [4.69, 9.17) is 0 Å². The van der Waals surface area contributed by atoms with Crippen LogP contribution in [0.2, 0.25) is 0 Å². The summed E-state index contributed by atoms with van der Waals surface area (Å²) in [4.78, 5) is 25.9. The minimum Gasteiger partial charge on any atom is -0.323 e. The normalized spacial score (nSPS) is 22.6. The Hall–Kier alpha value is -1.49. The molecule has 1 fully saturated rings. The molecule has 0 aliphatic carbocycles. The summed E-state index contributed by atoms with van der Waals surface area (Å²) in [5.74, 6) is 0.998. The molecule has 0 aromatic heterocycles. The summed E-state index contributed by atoms with van der Waals surface area (Å²) in [5, 5.41) is 2.82. The number of thioether (sulfide) groups is 1. The first-order chi connectivity index (χ1) is 9.25. The Morgan fingerprint density at radius 3 is 2.95 bits per heavy atom. The highest BCUT2D eigenvalue weighted by Crippen LogP contribution is 2.33. The largest absolute Gasteiger partial charge is 0.323 e. The lowest BCUT2D eigenvalue weighted by molar-refractivity contribution is -0.121. The summed E-state index contributed by atoms with van der Waals surface area (Å²) < 4.78 is 0. The van der Waals surface area contributed by atoms with Gasteiger partial charge in [0.1, 0.15) is 6.54 Å². The first kappa shape index (κ1) is 12.5. The number of carbonyl (C=O) groups excluding carboxylic acids is 2. The Kier molecular flexibility index (Phi) is 3.46. The molecule has 3 rings (SSSR count). The predicted molar refractivity (Wildman–Crippen MR) is 77.5 cm³/mol. The van der Waals surface area contributed by atoms with Gasteiger partial charge >= 0.3 is 0 Å². The number of para-hydroxylation sites is 2. The van der Waals surface area contributed by atoms with Gasteiger partial charge in [0, 0.05) is 0 Å². The maximum atomic E-state index is 12.6. The van der Waals surface area contributed by atoms with Crippen molar-refractivity contribution in [1.82, 2.24) is 0 Å². The van der Waals surface area contributed by atoms with Crippen molar-refractivity contribution < 1.29 is 9.59 Å². The fourth-order valence-corrected chi connectivity index (χ4v) is 3.80. The van der Waals surface area contributed by atoms with E-state index in [1.54, 1.807) is 16.7 Å². The Balaban J connectivity index is 1.87. The second-order valence-electron chi connectivity index (χ2n) is 4.84. The summed E-state index contributed by atoms with van der Waals surface area (Å²) in [5.41, 5.74) is 1.55. The average Bonchev–Trinajstić information content (AvgIpc) is 2.46. The van der Waals surface area contributed by atoms with Gasteiger partial charge in [-0.3, -0.25) is 14.5 Å². The summed E-state index contributed by atoms with van der Waals surface area (Å²) in [6, 6.07) is 7.48. The molecule has 1 unspecified atom stereocenters. The summed E-state index contributed by atoms with van der Waals surface area (Å²) in [6.07, 6.45) is 3.21. The number of amides is 2. The van der Waals surface area contributed by atoms with Crippen LogP contribution in [0.4, 0.5) is 11.4 Å². The van der Waals surface area contributed by atoms with Crippen molar-refractivity contribution in [3.8, 4) is 0 Å². The third-order valence-electron chi connectivity index (χ3n) is 3.49. The highest BCUT2D eigenvalue weighted by molar-refractivity contribution is 8.00. The van der Waals surface area contributed by atoms with E-state index in [2.05, 4.69) is 5.32 Å². The van der Waals surface area contributed by atoms with E-state index in [-0.39, 0.29) is 23.6 Å². The van der Waals surface area contributed by atoms with Crippen LogP contribution in [0.15, 0.2) is 24.3 Å². The number of rotatable bonds is 1. The van der Waals surface area contributed by atoms with Crippen LogP contribution in [0.1, 0.15) is 19.3 Å². The van der Waals surface area contributed by atoms with Crippen molar-refractivity contribution in [2.24, 2.45) is 0 Å². The maximum absolute atomic E-state index is 12.6. The van der Waals surface area contributed by atoms with Crippen molar-refractivity contribution in [2.75, 3.05) is 22.5 Å².